The standard InChI is InChI=1S/C18H12NO.C12H10N.Ir/c1-12-9-10-16(19-11-12)15-7-4-6-14-13-5-2-3-8-17(13)20-18(14)15;1-10-7-8-12(13-9-10)11-5-3-2-4-6-11;/h2-6,8-11H,1H3;2-5,7-9H,1H3;/q2*-1;/i1D3,9D,10D;;. The van der Waals surface area contributed by atoms with Crippen molar-refractivity contribution in [3.63, 3.8) is 0 Å². The van der Waals surface area contributed by atoms with Crippen molar-refractivity contribution >= 4 is 21.9 Å². The fourth-order valence-electron chi connectivity index (χ4n) is 3.49. The average molecular weight is 624 g/mol. The fourth-order valence-corrected chi connectivity index (χ4v) is 3.49. The van der Waals surface area contributed by atoms with Gasteiger partial charge in [0.1, 0.15) is 5.58 Å². The third-order valence-corrected chi connectivity index (χ3v) is 5.11. The molecule has 0 saturated carbocycles. The molecule has 0 unspecified atom stereocenters. The van der Waals surface area contributed by atoms with Crippen molar-refractivity contribution in [1.29, 1.82) is 0 Å². The Kier molecular flexibility index (Phi) is 5.54. The summed E-state index contributed by atoms with van der Waals surface area (Å²) >= 11 is 0. The Morgan fingerprint density at radius 2 is 1.62 bits per heavy atom. The van der Waals surface area contributed by atoms with E-state index in [-0.39, 0.29) is 43.4 Å². The largest absolute Gasteiger partial charge is 0.501 e. The number of aromatic nitrogens is 2. The topological polar surface area (TPSA) is 38.9 Å². The summed E-state index contributed by atoms with van der Waals surface area (Å²) < 4.78 is 44.5. The van der Waals surface area contributed by atoms with Crippen LogP contribution in [0, 0.1) is 25.9 Å². The molecule has 0 saturated heterocycles. The SMILES string of the molecule is Cc1ccc(-c2[c-]cccc2)nc1.[2H]c1c(C([2H])([2H])[2H])cnc(-c2[c-]ccc3c2oc2ccccc23)c1[2H].[Ir]. The zero-order valence-corrected chi connectivity index (χ0v) is 20.6. The van der Waals surface area contributed by atoms with E-state index >= 15 is 0 Å². The van der Waals surface area contributed by atoms with Crippen LogP contribution in [0.5, 0.6) is 0 Å². The molecule has 0 fully saturated rings. The number of fused-ring (bicyclic) bond motifs is 3. The van der Waals surface area contributed by atoms with Gasteiger partial charge in [-0.15, -0.1) is 54.1 Å². The fraction of sp³-hybridized carbons (Fsp3) is 0.0667. The van der Waals surface area contributed by atoms with Gasteiger partial charge in [-0.05, 0) is 42.4 Å². The minimum Gasteiger partial charge on any atom is -0.501 e. The van der Waals surface area contributed by atoms with Gasteiger partial charge in [0.2, 0.25) is 0 Å². The van der Waals surface area contributed by atoms with Gasteiger partial charge in [-0.1, -0.05) is 53.4 Å². The number of aryl methyl sites for hydroxylation is 2. The predicted molar refractivity (Wildman–Crippen MR) is 134 cm³/mol. The van der Waals surface area contributed by atoms with Gasteiger partial charge in [-0.2, -0.15) is 0 Å². The molecule has 6 rings (SSSR count). The molecule has 6 aromatic rings. The van der Waals surface area contributed by atoms with Crippen LogP contribution in [0.2, 0.25) is 0 Å². The number of hydrogen-bond acceptors (Lipinski definition) is 3. The van der Waals surface area contributed by atoms with Crippen LogP contribution < -0.4 is 0 Å². The Balaban J connectivity index is 0.000000213. The molecule has 0 atom stereocenters. The normalized spacial score (nSPS) is 12.9. The number of pyridine rings is 2. The molecular weight excluding hydrogens is 597 g/mol. The van der Waals surface area contributed by atoms with Gasteiger partial charge in [0.15, 0.2) is 0 Å². The van der Waals surface area contributed by atoms with Gasteiger partial charge in [0.25, 0.3) is 0 Å². The first-order chi connectivity index (χ1) is 18.2. The van der Waals surface area contributed by atoms with Crippen LogP contribution in [0.1, 0.15) is 18.0 Å². The molecule has 3 nitrogen and oxygen atoms in total. The summed E-state index contributed by atoms with van der Waals surface area (Å²) in [5.41, 5.74) is 4.82. The molecule has 0 aliphatic carbocycles. The second kappa shape index (κ2) is 10.6. The Morgan fingerprint density at radius 1 is 0.794 bits per heavy atom. The molecule has 0 amide bonds. The summed E-state index contributed by atoms with van der Waals surface area (Å²) in [7, 11) is 0. The zero-order valence-electron chi connectivity index (χ0n) is 23.2. The van der Waals surface area contributed by atoms with E-state index in [1.165, 1.54) is 5.56 Å². The predicted octanol–water partition coefficient (Wildman–Crippen LogP) is 7.61. The summed E-state index contributed by atoms with van der Waals surface area (Å²) in [6.45, 7) is -0.445. The molecule has 0 aliphatic rings. The van der Waals surface area contributed by atoms with Crippen molar-refractivity contribution in [2.75, 3.05) is 0 Å². The van der Waals surface area contributed by atoms with E-state index in [1.54, 1.807) is 6.07 Å². The monoisotopic (exact) mass is 624 g/mol. The van der Waals surface area contributed by atoms with E-state index in [0.29, 0.717) is 16.7 Å². The van der Waals surface area contributed by atoms with Gasteiger partial charge in [0, 0.05) is 42.0 Å². The minimum atomic E-state index is -2.48. The average Bonchev–Trinajstić information content (AvgIpc) is 3.30. The third-order valence-electron chi connectivity index (χ3n) is 5.11. The summed E-state index contributed by atoms with van der Waals surface area (Å²) in [5.74, 6) is 0. The summed E-state index contributed by atoms with van der Waals surface area (Å²) in [5, 5.41) is 1.79. The number of hydrogen-bond donors (Lipinski definition) is 0. The number of furan rings is 1. The first-order valence-electron chi connectivity index (χ1n) is 12.9. The van der Waals surface area contributed by atoms with Crippen molar-refractivity contribution in [3.8, 4) is 22.5 Å². The van der Waals surface area contributed by atoms with Crippen molar-refractivity contribution < 1.29 is 31.4 Å². The summed E-state index contributed by atoms with van der Waals surface area (Å²) in [6.07, 6.45) is 3.01. The van der Waals surface area contributed by atoms with Gasteiger partial charge < -0.3 is 14.4 Å². The van der Waals surface area contributed by atoms with E-state index in [4.69, 9.17) is 11.3 Å². The Labute approximate surface area is 219 Å². The maximum absolute atomic E-state index is 8.20. The quantitative estimate of drug-likeness (QED) is 0.187. The van der Waals surface area contributed by atoms with Gasteiger partial charge >= 0.3 is 0 Å². The molecule has 0 spiro atoms. The number of rotatable bonds is 2. The van der Waals surface area contributed by atoms with E-state index in [1.807, 2.05) is 73.8 Å². The molecule has 0 aliphatic heterocycles. The van der Waals surface area contributed by atoms with Crippen LogP contribution in [0.3, 0.4) is 0 Å². The van der Waals surface area contributed by atoms with Crippen LogP contribution in [-0.4, -0.2) is 9.97 Å². The van der Waals surface area contributed by atoms with Crippen molar-refractivity contribution in [1.82, 2.24) is 9.97 Å². The van der Waals surface area contributed by atoms with E-state index in [0.717, 1.165) is 28.2 Å². The number of para-hydroxylation sites is 1. The van der Waals surface area contributed by atoms with Crippen LogP contribution in [0.25, 0.3) is 44.5 Å². The molecule has 169 valence electrons. The van der Waals surface area contributed by atoms with Crippen LogP contribution in [0.4, 0.5) is 0 Å². The number of nitrogens with zero attached hydrogens (tertiary/aromatic N) is 2. The van der Waals surface area contributed by atoms with Gasteiger partial charge in [-0.25, -0.2) is 0 Å². The van der Waals surface area contributed by atoms with Gasteiger partial charge in [-0.3, -0.25) is 0 Å². The van der Waals surface area contributed by atoms with Crippen LogP contribution >= 0.6 is 0 Å². The van der Waals surface area contributed by atoms with E-state index < -0.39 is 6.85 Å². The van der Waals surface area contributed by atoms with Crippen LogP contribution in [-0.2, 0) is 20.1 Å². The maximum Gasteiger partial charge on any atom is 0.120 e. The molecule has 34 heavy (non-hydrogen) atoms. The molecule has 3 aromatic carbocycles. The summed E-state index contributed by atoms with van der Waals surface area (Å²) in [4.78, 5) is 8.45. The van der Waals surface area contributed by atoms with E-state index in [2.05, 4.69) is 28.2 Å². The van der Waals surface area contributed by atoms with Crippen molar-refractivity contribution in [3.05, 3.63) is 121 Å². The van der Waals surface area contributed by atoms with Crippen molar-refractivity contribution in [2.45, 2.75) is 13.8 Å². The Hall–Kier alpha value is -3.59. The van der Waals surface area contributed by atoms with Crippen molar-refractivity contribution in [2.24, 2.45) is 0 Å². The summed E-state index contributed by atoms with van der Waals surface area (Å²) in [6, 6.07) is 28.6. The van der Waals surface area contributed by atoms with Gasteiger partial charge in [0.05, 0.1) is 8.32 Å². The minimum absolute atomic E-state index is 0. The Bertz CT molecular complexity index is 1730. The first-order valence-corrected chi connectivity index (χ1v) is 10.4. The smallest absolute Gasteiger partial charge is 0.120 e. The molecule has 0 N–H and O–H groups in total. The van der Waals surface area contributed by atoms with Crippen LogP contribution in [0.15, 0.2) is 102 Å². The molecular formula is C30H22IrN2O-2. The first kappa shape index (κ1) is 17.8. The molecule has 0 bridgehead atoms. The second-order valence-electron chi connectivity index (χ2n) is 7.46. The third kappa shape index (κ3) is 4.99. The molecule has 4 heteroatoms. The van der Waals surface area contributed by atoms with E-state index in [9.17, 15) is 0 Å². The zero-order chi connectivity index (χ0) is 26.9. The second-order valence-corrected chi connectivity index (χ2v) is 7.46. The molecule has 3 aromatic heterocycles. The maximum atomic E-state index is 8.20. The molecule has 1 radical (unpaired) electrons. The molecule has 3 heterocycles. The number of benzene rings is 3. The Morgan fingerprint density at radius 3 is 2.41 bits per heavy atom.